The molecule has 142 valence electrons. The van der Waals surface area contributed by atoms with E-state index in [2.05, 4.69) is 21.4 Å². The molecule has 0 aliphatic rings. The van der Waals surface area contributed by atoms with Crippen LogP contribution in [0.4, 0.5) is 8.78 Å². The molecule has 0 radical (unpaired) electrons. The van der Waals surface area contributed by atoms with Crippen molar-refractivity contribution in [1.82, 2.24) is 0 Å². The molecule has 26 heavy (non-hydrogen) atoms. The summed E-state index contributed by atoms with van der Waals surface area (Å²) in [7, 11) is 7.36. The summed E-state index contributed by atoms with van der Waals surface area (Å²) < 4.78 is 34.0. The number of rotatable bonds is 2. The van der Waals surface area contributed by atoms with E-state index in [1.54, 1.807) is 13.8 Å². The standard InChI is InChI=1S/C8H6ClFO.C8H7FO2.Cl2OS/c1-5-2-3-6(10)4-7(5)8(9)11;1-5-2-3-6(9)4-7(5)8(10)11;1-4(2)3/h2-4H,1H3;2-4H,1H3,(H,10,11);. The van der Waals surface area contributed by atoms with Gasteiger partial charge in [0.2, 0.25) is 9.23 Å². The van der Waals surface area contributed by atoms with E-state index in [0.717, 1.165) is 12.1 Å². The van der Waals surface area contributed by atoms with Gasteiger partial charge in [-0.2, -0.15) is 0 Å². The predicted molar refractivity (Wildman–Crippen MR) is 99.3 cm³/mol. The van der Waals surface area contributed by atoms with Crippen LogP contribution >= 0.6 is 33.0 Å². The lowest BCUT2D eigenvalue weighted by Gasteiger charge is -1.98. The molecule has 10 heteroatoms. The van der Waals surface area contributed by atoms with Crippen LogP contribution in [-0.2, 0) is 9.23 Å². The minimum Gasteiger partial charge on any atom is -0.478 e. The quantitative estimate of drug-likeness (QED) is 0.629. The van der Waals surface area contributed by atoms with E-state index in [1.165, 1.54) is 24.3 Å². The van der Waals surface area contributed by atoms with E-state index in [-0.39, 0.29) is 11.1 Å². The normalized spacial score (nSPS) is 9.54. The van der Waals surface area contributed by atoms with Gasteiger partial charge in [0.15, 0.2) is 0 Å². The molecular weight excluding hydrogens is 433 g/mol. The first-order valence-corrected chi connectivity index (χ1v) is 9.83. The van der Waals surface area contributed by atoms with Crippen LogP contribution in [0.2, 0.25) is 0 Å². The minimum atomic E-state index is -1.67. The molecule has 2 rings (SSSR count). The maximum atomic E-state index is 12.5. The molecule has 0 aromatic heterocycles. The minimum absolute atomic E-state index is 0.0185. The first kappa shape index (κ1) is 24.5. The zero-order valence-corrected chi connectivity index (χ0v) is 16.5. The number of halogens is 5. The molecule has 1 N–H and O–H groups in total. The highest BCUT2D eigenvalue weighted by Gasteiger charge is 2.07. The number of carboxylic acids is 1. The average Bonchev–Trinajstić information content (AvgIpc) is 2.51. The smallest absolute Gasteiger partial charge is 0.336 e. The van der Waals surface area contributed by atoms with Gasteiger partial charge in [-0.3, -0.25) is 4.79 Å². The van der Waals surface area contributed by atoms with E-state index >= 15 is 0 Å². The highest BCUT2D eigenvalue weighted by molar-refractivity contribution is 8.26. The maximum Gasteiger partial charge on any atom is 0.336 e. The summed E-state index contributed by atoms with van der Waals surface area (Å²) in [6, 6.07) is 7.63. The molecule has 0 unspecified atom stereocenters. The van der Waals surface area contributed by atoms with Crippen molar-refractivity contribution in [1.29, 1.82) is 0 Å². The molecule has 0 saturated carbocycles. The first-order chi connectivity index (χ1) is 12.0. The Morgan fingerprint density at radius 3 is 1.54 bits per heavy atom. The van der Waals surface area contributed by atoms with E-state index in [4.69, 9.17) is 20.9 Å². The van der Waals surface area contributed by atoms with Crippen LogP contribution < -0.4 is 0 Å². The molecule has 0 spiro atoms. The third-order valence-electron chi connectivity index (χ3n) is 2.84. The first-order valence-electron chi connectivity index (χ1n) is 6.65. The highest BCUT2D eigenvalue weighted by Crippen LogP contribution is 2.12. The van der Waals surface area contributed by atoms with E-state index < -0.39 is 32.1 Å². The van der Waals surface area contributed by atoms with Crippen molar-refractivity contribution in [3.8, 4) is 0 Å². The molecular formula is C16H13Cl3F2O4S. The Bertz CT molecular complexity index is 751. The largest absolute Gasteiger partial charge is 0.478 e. The van der Waals surface area contributed by atoms with Crippen molar-refractivity contribution in [2.45, 2.75) is 13.8 Å². The summed E-state index contributed by atoms with van der Waals surface area (Å²) in [5.41, 5.74) is 1.50. The number of benzene rings is 2. The van der Waals surface area contributed by atoms with Crippen LogP contribution in [0.15, 0.2) is 36.4 Å². The lowest BCUT2D eigenvalue weighted by molar-refractivity contribution is 0.0695. The van der Waals surface area contributed by atoms with E-state index in [1.807, 2.05) is 0 Å². The molecule has 4 nitrogen and oxygen atoms in total. The van der Waals surface area contributed by atoms with Gasteiger partial charge in [0.05, 0.1) is 5.56 Å². The Morgan fingerprint density at radius 1 is 0.923 bits per heavy atom. The van der Waals surface area contributed by atoms with Crippen LogP contribution in [0.25, 0.3) is 0 Å². The molecule has 0 saturated heterocycles. The highest BCUT2D eigenvalue weighted by atomic mass is 36.0. The van der Waals surface area contributed by atoms with Crippen molar-refractivity contribution in [2.75, 3.05) is 0 Å². The second-order valence-electron chi connectivity index (χ2n) is 4.68. The van der Waals surface area contributed by atoms with E-state index in [9.17, 15) is 18.4 Å². The van der Waals surface area contributed by atoms with Gasteiger partial charge >= 0.3 is 5.97 Å². The summed E-state index contributed by atoms with van der Waals surface area (Å²) in [5, 5.41) is 7.90. The van der Waals surface area contributed by atoms with E-state index in [0.29, 0.717) is 11.1 Å². The second kappa shape index (κ2) is 12.0. The number of aryl methyl sites for hydroxylation is 2. The monoisotopic (exact) mass is 444 g/mol. The Balaban J connectivity index is 0.000000401. The fourth-order valence-corrected chi connectivity index (χ4v) is 1.83. The lowest BCUT2D eigenvalue weighted by Crippen LogP contribution is -1.99. The number of aromatic carboxylic acids is 1. The van der Waals surface area contributed by atoms with Gasteiger partial charge in [-0.05, 0) is 60.8 Å². The van der Waals surface area contributed by atoms with Crippen LogP contribution in [-0.4, -0.2) is 20.5 Å². The molecule has 0 bridgehead atoms. The topological polar surface area (TPSA) is 71.4 Å². The average molecular weight is 446 g/mol. The molecule has 0 fully saturated rings. The van der Waals surface area contributed by atoms with Gasteiger partial charge in [0, 0.05) is 26.9 Å². The van der Waals surface area contributed by atoms with Crippen molar-refractivity contribution in [3.63, 3.8) is 0 Å². The summed E-state index contributed by atoms with van der Waals surface area (Å²) in [5.74, 6) is -2.06. The van der Waals surface area contributed by atoms with Gasteiger partial charge < -0.3 is 5.11 Å². The fourth-order valence-electron chi connectivity index (χ4n) is 1.63. The SMILES string of the molecule is Cc1ccc(F)cc1C(=O)Cl.Cc1ccc(F)cc1C(=O)O.O=S(Cl)Cl. The second-order valence-corrected chi connectivity index (χ2v) is 7.55. The summed E-state index contributed by atoms with van der Waals surface area (Å²) in [4.78, 5) is 21.0. The number of hydrogen-bond donors (Lipinski definition) is 1. The Labute approximate surface area is 165 Å². The fraction of sp³-hybridized carbons (Fsp3) is 0.125. The van der Waals surface area contributed by atoms with Crippen molar-refractivity contribution < 1.29 is 27.7 Å². The van der Waals surface area contributed by atoms with Crippen LogP contribution in [0.5, 0.6) is 0 Å². The van der Waals surface area contributed by atoms with Gasteiger partial charge in [-0.25, -0.2) is 17.8 Å². The predicted octanol–water partition coefficient (Wildman–Crippen LogP) is 5.39. The molecule has 2 aromatic carbocycles. The lowest BCUT2D eigenvalue weighted by atomic mass is 10.1. The number of carbonyl (C=O) groups is 2. The molecule has 0 amide bonds. The van der Waals surface area contributed by atoms with Crippen LogP contribution in [0, 0.1) is 25.5 Å². The van der Waals surface area contributed by atoms with Crippen molar-refractivity contribution in [3.05, 3.63) is 70.3 Å². The summed E-state index contributed by atoms with van der Waals surface area (Å²) in [6.45, 7) is 3.33. The Morgan fingerprint density at radius 2 is 1.27 bits per heavy atom. The summed E-state index contributed by atoms with van der Waals surface area (Å²) in [6.07, 6.45) is 0. The van der Waals surface area contributed by atoms with Gasteiger partial charge in [0.25, 0.3) is 5.24 Å². The van der Waals surface area contributed by atoms with Gasteiger partial charge in [0.1, 0.15) is 11.6 Å². The molecule has 0 heterocycles. The Kier molecular flexibility index (Phi) is 11.2. The zero-order chi connectivity index (χ0) is 20.4. The Hall–Kier alpha value is -1.54. The van der Waals surface area contributed by atoms with Crippen molar-refractivity contribution in [2.24, 2.45) is 0 Å². The number of carbonyl (C=O) groups excluding carboxylic acids is 1. The van der Waals surface area contributed by atoms with Gasteiger partial charge in [-0.15, -0.1) is 0 Å². The van der Waals surface area contributed by atoms with Crippen LogP contribution in [0.3, 0.4) is 0 Å². The summed E-state index contributed by atoms with van der Waals surface area (Å²) >= 11 is 5.17. The van der Waals surface area contributed by atoms with Crippen molar-refractivity contribution >= 4 is 53.4 Å². The number of carboxylic acid groups (broad SMARTS) is 1. The maximum absolute atomic E-state index is 12.5. The third-order valence-corrected chi connectivity index (χ3v) is 3.04. The molecule has 0 aliphatic carbocycles. The molecule has 2 aromatic rings. The zero-order valence-electron chi connectivity index (χ0n) is 13.4. The number of hydrogen-bond acceptors (Lipinski definition) is 3. The third kappa shape index (κ3) is 9.82. The molecule has 0 aliphatic heterocycles. The van der Waals surface area contributed by atoms with Crippen LogP contribution in [0.1, 0.15) is 31.8 Å². The molecule has 0 atom stereocenters. The van der Waals surface area contributed by atoms with Gasteiger partial charge in [-0.1, -0.05) is 12.1 Å².